The summed E-state index contributed by atoms with van der Waals surface area (Å²) in [5.41, 5.74) is 1.67. The number of pyridine rings is 1. The van der Waals surface area contributed by atoms with E-state index in [1.807, 2.05) is 4.90 Å². The molecule has 33 heavy (non-hydrogen) atoms. The molecule has 0 aliphatic carbocycles. The molecule has 0 spiro atoms. The van der Waals surface area contributed by atoms with Crippen LogP contribution in [0.4, 0.5) is 14.5 Å². The highest BCUT2D eigenvalue weighted by atomic mass is 19.1. The molecule has 0 atom stereocenters. The first kappa shape index (κ1) is 21.0. The van der Waals surface area contributed by atoms with Gasteiger partial charge in [0.25, 0.3) is 11.5 Å². The topological polar surface area (TPSA) is 98.6 Å². The van der Waals surface area contributed by atoms with Gasteiger partial charge in [-0.2, -0.15) is 9.49 Å². The van der Waals surface area contributed by atoms with Crippen molar-refractivity contribution in [2.75, 3.05) is 38.1 Å². The van der Waals surface area contributed by atoms with E-state index < -0.39 is 17.7 Å². The van der Waals surface area contributed by atoms with Gasteiger partial charge in [-0.15, -0.1) is 0 Å². The molecule has 1 fully saturated rings. The summed E-state index contributed by atoms with van der Waals surface area (Å²) in [6.45, 7) is 2.85. The Balaban J connectivity index is 1.31. The summed E-state index contributed by atoms with van der Waals surface area (Å²) in [6, 6.07) is 7.81. The number of hydrogen-bond acceptors (Lipinski definition) is 6. The molecule has 0 bridgehead atoms. The van der Waals surface area contributed by atoms with E-state index in [-0.39, 0.29) is 22.3 Å². The summed E-state index contributed by atoms with van der Waals surface area (Å²) in [7, 11) is 1.46. The van der Waals surface area contributed by atoms with Gasteiger partial charge in [0.2, 0.25) is 5.95 Å². The summed E-state index contributed by atoms with van der Waals surface area (Å²) >= 11 is 0. The number of H-pyrrole nitrogens is 1. The summed E-state index contributed by atoms with van der Waals surface area (Å²) in [6.07, 6.45) is 1.46. The minimum absolute atomic E-state index is 0.0288. The first-order chi connectivity index (χ1) is 15.9. The fourth-order valence-electron chi connectivity index (χ4n) is 4.22. The average molecular weight is 453 g/mol. The quantitative estimate of drug-likeness (QED) is 0.455. The van der Waals surface area contributed by atoms with Gasteiger partial charge in [0.05, 0.1) is 17.4 Å². The summed E-state index contributed by atoms with van der Waals surface area (Å²) in [4.78, 5) is 34.4. The highest BCUT2D eigenvalue weighted by Crippen LogP contribution is 2.22. The van der Waals surface area contributed by atoms with E-state index in [1.165, 1.54) is 36.0 Å². The van der Waals surface area contributed by atoms with E-state index in [9.17, 15) is 18.4 Å². The number of aromatic nitrogens is 4. The monoisotopic (exact) mass is 453 g/mol. The van der Waals surface area contributed by atoms with Gasteiger partial charge in [0.1, 0.15) is 16.7 Å². The molecule has 5 rings (SSSR count). The first-order valence-corrected chi connectivity index (χ1v) is 10.5. The number of nitrogens with zero attached hydrogens (tertiary/aromatic N) is 5. The number of aromatic amines is 1. The van der Waals surface area contributed by atoms with E-state index in [0.717, 1.165) is 5.56 Å². The van der Waals surface area contributed by atoms with Crippen molar-refractivity contribution in [2.45, 2.75) is 6.54 Å². The number of fused-ring (bicyclic) bond motifs is 3. The van der Waals surface area contributed by atoms with Gasteiger partial charge < -0.3 is 15.2 Å². The largest absolute Gasteiger partial charge is 0.365 e. The van der Waals surface area contributed by atoms with Crippen molar-refractivity contribution in [1.82, 2.24) is 29.8 Å². The van der Waals surface area contributed by atoms with Crippen LogP contribution in [-0.4, -0.2) is 63.6 Å². The van der Waals surface area contributed by atoms with Crippen molar-refractivity contribution in [3.05, 3.63) is 69.9 Å². The van der Waals surface area contributed by atoms with Crippen molar-refractivity contribution < 1.29 is 13.6 Å². The average Bonchev–Trinajstić information content (AvgIpc) is 3.29. The maximum atomic E-state index is 14.9. The molecule has 4 aromatic rings. The predicted molar refractivity (Wildman–Crippen MR) is 118 cm³/mol. The number of nitrogens with one attached hydrogen (secondary N) is 2. The molecule has 1 aliphatic rings. The lowest BCUT2D eigenvalue weighted by Gasteiger charge is -2.36. The Morgan fingerprint density at radius 2 is 1.94 bits per heavy atom. The molecular formula is C22H21F2N7O2. The fraction of sp³-hybridized carbons (Fsp3) is 0.273. The number of rotatable bonds is 4. The molecule has 0 radical (unpaired) electrons. The predicted octanol–water partition coefficient (Wildman–Crippen LogP) is 1.53. The Morgan fingerprint density at radius 3 is 2.67 bits per heavy atom. The van der Waals surface area contributed by atoms with Gasteiger partial charge in [-0.1, -0.05) is 0 Å². The molecular weight excluding hydrogens is 432 g/mol. The standard InChI is InChI=1S/C22H21F2N7O2/c1-25-21(32)15-2-3-17(20(24)27-15)30-8-6-29(7-9-30)12-13-10-14(23)19-16(11-13)28-22(33)18-4-5-26-31(18)19/h2-5,10-11H,6-9,12H2,1H3,(H,25,32)(H,28,33). The van der Waals surface area contributed by atoms with E-state index in [4.69, 9.17) is 0 Å². The third-order valence-electron chi connectivity index (χ3n) is 5.87. The lowest BCUT2D eigenvalue weighted by atomic mass is 10.1. The van der Waals surface area contributed by atoms with Crippen LogP contribution in [0.25, 0.3) is 16.6 Å². The van der Waals surface area contributed by atoms with Crippen molar-refractivity contribution in [2.24, 2.45) is 0 Å². The molecule has 11 heteroatoms. The maximum absolute atomic E-state index is 14.9. The Morgan fingerprint density at radius 1 is 1.15 bits per heavy atom. The van der Waals surface area contributed by atoms with Crippen LogP contribution in [-0.2, 0) is 6.54 Å². The Labute approximate surface area is 186 Å². The Kier molecular flexibility index (Phi) is 5.25. The normalized spacial score (nSPS) is 14.8. The highest BCUT2D eigenvalue weighted by molar-refractivity contribution is 5.92. The summed E-state index contributed by atoms with van der Waals surface area (Å²) in [5.74, 6) is -1.59. The van der Waals surface area contributed by atoms with Crippen molar-refractivity contribution in [1.29, 1.82) is 0 Å². The molecule has 2 N–H and O–H groups in total. The van der Waals surface area contributed by atoms with Crippen LogP contribution >= 0.6 is 0 Å². The fourth-order valence-corrected chi connectivity index (χ4v) is 4.22. The maximum Gasteiger partial charge on any atom is 0.274 e. The van der Waals surface area contributed by atoms with E-state index >= 15 is 0 Å². The zero-order chi connectivity index (χ0) is 23.1. The van der Waals surface area contributed by atoms with Crippen LogP contribution in [0.3, 0.4) is 0 Å². The van der Waals surface area contributed by atoms with Crippen LogP contribution in [0.2, 0.25) is 0 Å². The van der Waals surface area contributed by atoms with Crippen LogP contribution < -0.4 is 15.8 Å². The first-order valence-electron chi connectivity index (χ1n) is 10.5. The number of halogens is 2. The molecule has 3 aromatic heterocycles. The number of amides is 1. The van der Waals surface area contributed by atoms with Gasteiger partial charge in [0.15, 0.2) is 5.82 Å². The van der Waals surface area contributed by atoms with Crippen LogP contribution in [0.15, 0.2) is 41.3 Å². The van der Waals surface area contributed by atoms with Crippen LogP contribution in [0, 0.1) is 11.8 Å². The lowest BCUT2D eigenvalue weighted by molar-refractivity contribution is 0.0957. The molecule has 0 saturated carbocycles. The molecule has 0 unspecified atom stereocenters. The summed E-state index contributed by atoms with van der Waals surface area (Å²) < 4.78 is 30.7. The van der Waals surface area contributed by atoms with Gasteiger partial charge >= 0.3 is 0 Å². The van der Waals surface area contributed by atoms with Gasteiger partial charge in [0, 0.05) is 39.8 Å². The molecule has 1 aromatic carbocycles. The molecule has 9 nitrogen and oxygen atoms in total. The highest BCUT2D eigenvalue weighted by Gasteiger charge is 2.22. The van der Waals surface area contributed by atoms with Crippen molar-refractivity contribution in [3.63, 3.8) is 0 Å². The summed E-state index contributed by atoms with van der Waals surface area (Å²) in [5, 5.41) is 6.48. The second kappa shape index (κ2) is 8.24. The second-order valence-corrected chi connectivity index (χ2v) is 7.90. The third kappa shape index (κ3) is 3.80. The van der Waals surface area contributed by atoms with Gasteiger partial charge in [-0.3, -0.25) is 14.5 Å². The number of anilines is 1. The Bertz CT molecular complexity index is 1420. The number of benzene rings is 1. The number of hydrogen-bond donors (Lipinski definition) is 2. The van der Waals surface area contributed by atoms with E-state index in [1.54, 1.807) is 12.1 Å². The SMILES string of the molecule is CNC(=O)c1ccc(N2CCN(Cc3cc(F)c4c(c3)[nH]c(=O)c3ccnn34)CC2)c(F)n1. The Hall–Kier alpha value is -3.86. The van der Waals surface area contributed by atoms with Crippen LogP contribution in [0.1, 0.15) is 16.1 Å². The van der Waals surface area contributed by atoms with Crippen LogP contribution in [0.5, 0.6) is 0 Å². The zero-order valence-corrected chi connectivity index (χ0v) is 17.8. The smallest absolute Gasteiger partial charge is 0.274 e. The molecule has 1 amide bonds. The zero-order valence-electron chi connectivity index (χ0n) is 17.8. The van der Waals surface area contributed by atoms with E-state index in [2.05, 4.69) is 25.3 Å². The van der Waals surface area contributed by atoms with Crippen molar-refractivity contribution >= 4 is 28.1 Å². The lowest BCUT2D eigenvalue weighted by Crippen LogP contribution is -2.46. The van der Waals surface area contributed by atoms with Crippen molar-refractivity contribution in [3.8, 4) is 0 Å². The molecule has 1 saturated heterocycles. The molecule has 1 aliphatic heterocycles. The number of carbonyl (C=O) groups excluding carboxylic acids is 1. The number of piperazine rings is 1. The molecule has 170 valence electrons. The minimum atomic E-state index is -0.685. The van der Waals surface area contributed by atoms with Gasteiger partial charge in [-0.25, -0.2) is 13.9 Å². The molecule has 4 heterocycles. The minimum Gasteiger partial charge on any atom is -0.365 e. The third-order valence-corrected chi connectivity index (χ3v) is 5.87. The van der Waals surface area contributed by atoms with Gasteiger partial charge in [-0.05, 0) is 35.9 Å². The second-order valence-electron chi connectivity index (χ2n) is 7.90. The number of carbonyl (C=O) groups is 1. The van der Waals surface area contributed by atoms with E-state index in [0.29, 0.717) is 43.9 Å².